The van der Waals surface area contributed by atoms with Crippen molar-refractivity contribution in [2.75, 3.05) is 18.4 Å². The molecule has 3 heterocycles. The molecule has 0 aliphatic carbocycles. The first-order valence-corrected chi connectivity index (χ1v) is 9.61. The third kappa shape index (κ3) is 4.47. The summed E-state index contributed by atoms with van der Waals surface area (Å²) in [7, 11) is 0. The van der Waals surface area contributed by atoms with Gasteiger partial charge in [-0.05, 0) is 32.0 Å². The summed E-state index contributed by atoms with van der Waals surface area (Å²) < 4.78 is 1.78. The number of nitrogens with one attached hydrogen (secondary N) is 2. The first-order chi connectivity index (χ1) is 12.7. The van der Waals surface area contributed by atoms with E-state index in [9.17, 15) is 4.79 Å². The van der Waals surface area contributed by atoms with E-state index in [1.807, 2.05) is 29.6 Å². The van der Waals surface area contributed by atoms with E-state index >= 15 is 0 Å². The fourth-order valence-corrected chi connectivity index (χ4v) is 3.85. The number of benzene rings is 1. The van der Waals surface area contributed by atoms with Gasteiger partial charge < -0.3 is 5.32 Å². The molecule has 0 unspecified atom stereocenters. The smallest absolute Gasteiger partial charge is 0.279 e. The fraction of sp³-hybridized carbons (Fsp3) is 0.294. The highest BCUT2D eigenvalue weighted by atomic mass is 35.5. The van der Waals surface area contributed by atoms with Gasteiger partial charge in [0.05, 0.1) is 17.9 Å². The number of rotatable bonds is 4. The fourth-order valence-electron chi connectivity index (χ4n) is 2.92. The molecule has 2 aromatic heterocycles. The molecule has 2 N–H and O–H groups in total. The Kier molecular flexibility index (Phi) is 6.43. The summed E-state index contributed by atoms with van der Waals surface area (Å²) in [5.41, 5.74) is 1.86. The molecule has 7 nitrogen and oxygen atoms in total. The quantitative estimate of drug-likeness (QED) is 0.667. The minimum Gasteiger partial charge on any atom is -0.317 e. The molecule has 1 saturated heterocycles. The molecule has 142 valence electrons. The summed E-state index contributed by atoms with van der Waals surface area (Å²) in [6.45, 7) is 1.91. The van der Waals surface area contributed by atoms with E-state index in [2.05, 4.69) is 25.9 Å². The number of amides is 1. The molecular weight excluding hydrogens is 407 g/mol. The number of thiazole rings is 1. The van der Waals surface area contributed by atoms with Gasteiger partial charge in [-0.25, -0.2) is 9.67 Å². The van der Waals surface area contributed by atoms with Crippen LogP contribution in [0.15, 0.2) is 35.8 Å². The van der Waals surface area contributed by atoms with Gasteiger partial charge in [-0.15, -0.1) is 28.8 Å². The van der Waals surface area contributed by atoms with Gasteiger partial charge in [0.25, 0.3) is 5.91 Å². The zero-order valence-electron chi connectivity index (χ0n) is 14.3. The number of anilines is 1. The number of halogens is 2. The standard InChI is InChI=1S/C17H17ClN6OS.ClH/c18-13-4-2-1-3-12(13)15-10-26-17(20-15)21-16(25)14-9-24(23-22-14)11-5-7-19-8-6-11;/h1-4,9-11,19H,5-8H2,(H,20,21,25);1H. The van der Waals surface area contributed by atoms with Crippen LogP contribution in [0.4, 0.5) is 5.13 Å². The summed E-state index contributed by atoms with van der Waals surface area (Å²) in [4.78, 5) is 16.9. The maximum atomic E-state index is 12.4. The summed E-state index contributed by atoms with van der Waals surface area (Å²) >= 11 is 7.54. The predicted octanol–water partition coefficient (Wildman–Crippen LogP) is 3.65. The molecule has 0 radical (unpaired) electrons. The van der Waals surface area contributed by atoms with Gasteiger partial charge in [-0.3, -0.25) is 10.1 Å². The minimum absolute atomic E-state index is 0. The molecule has 3 aromatic rings. The van der Waals surface area contributed by atoms with Gasteiger partial charge in [0, 0.05) is 16.0 Å². The number of carbonyl (C=O) groups excluding carboxylic acids is 1. The highest BCUT2D eigenvalue weighted by Gasteiger charge is 2.19. The number of piperidine rings is 1. The average Bonchev–Trinajstić information content (AvgIpc) is 3.33. The lowest BCUT2D eigenvalue weighted by molar-refractivity contribution is 0.102. The van der Waals surface area contributed by atoms with Crippen molar-refractivity contribution in [3.8, 4) is 11.3 Å². The molecule has 1 amide bonds. The maximum absolute atomic E-state index is 12.4. The Labute approximate surface area is 171 Å². The number of nitrogens with zero attached hydrogens (tertiary/aromatic N) is 4. The Balaban J connectivity index is 0.00000210. The Morgan fingerprint density at radius 2 is 2.07 bits per heavy atom. The molecule has 1 aromatic carbocycles. The maximum Gasteiger partial charge on any atom is 0.279 e. The molecule has 0 spiro atoms. The van der Waals surface area contributed by atoms with E-state index in [-0.39, 0.29) is 30.0 Å². The van der Waals surface area contributed by atoms with Crippen LogP contribution in [-0.2, 0) is 0 Å². The lowest BCUT2D eigenvalue weighted by Crippen LogP contribution is -2.29. The van der Waals surface area contributed by atoms with Crippen LogP contribution in [0.5, 0.6) is 0 Å². The van der Waals surface area contributed by atoms with Crippen molar-refractivity contribution in [1.29, 1.82) is 0 Å². The van der Waals surface area contributed by atoms with Crippen molar-refractivity contribution < 1.29 is 4.79 Å². The van der Waals surface area contributed by atoms with Crippen LogP contribution in [0, 0.1) is 0 Å². The number of hydrogen-bond acceptors (Lipinski definition) is 6. The molecule has 1 aliphatic heterocycles. The summed E-state index contributed by atoms with van der Waals surface area (Å²) in [5, 5.41) is 17.2. The molecule has 0 bridgehead atoms. The van der Waals surface area contributed by atoms with Crippen molar-refractivity contribution in [3.63, 3.8) is 0 Å². The number of hydrogen-bond donors (Lipinski definition) is 2. The van der Waals surface area contributed by atoms with Crippen LogP contribution >= 0.6 is 35.3 Å². The monoisotopic (exact) mass is 424 g/mol. The van der Waals surface area contributed by atoms with Crippen molar-refractivity contribution >= 4 is 46.4 Å². The molecule has 0 atom stereocenters. The zero-order chi connectivity index (χ0) is 17.9. The number of aromatic nitrogens is 4. The Morgan fingerprint density at radius 3 is 2.85 bits per heavy atom. The summed E-state index contributed by atoms with van der Waals surface area (Å²) in [6, 6.07) is 7.77. The highest BCUT2D eigenvalue weighted by Crippen LogP contribution is 2.30. The Bertz CT molecular complexity index is 922. The lowest BCUT2D eigenvalue weighted by atomic mass is 10.1. The van der Waals surface area contributed by atoms with Gasteiger partial charge in [0.15, 0.2) is 10.8 Å². The highest BCUT2D eigenvalue weighted by molar-refractivity contribution is 7.14. The second kappa shape index (κ2) is 8.79. The third-order valence-corrected chi connectivity index (χ3v) is 5.39. The SMILES string of the molecule is Cl.O=C(Nc1nc(-c2ccccc2Cl)cs1)c1cn(C2CCNCC2)nn1. The lowest BCUT2D eigenvalue weighted by Gasteiger charge is -2.21. The second-order valence-corrected chi connectivity index (χ2v) is 7.30. The third-order valence-electron chi connectivity index (χ3n) is 4.30. The van der Waals surface area contributed by atoms with E-state index in [4.69, 9.17) is 11.6 Å². The van der Waals surface area contributed by atoms with E-state index in [0.717, 1.165) is 37.2 Å². The van der Waals surface area contributed by atoms with Gasteiger partial charge in [0.2, 0.25) is 0 Å². The zero-order valence-corrected chi connectivity index (χ0v) is 16.7. The van der Waals surface area contributed by atoms with Crippen LogP contribution < -0.4 is 10.6 Å². The van der Waals surface area contributed by atoms with Crippen LogP contribution in [0.1, 0.15) is 29.4 Å². The largest absolute Gasteiger partial charge is 0.317 e. The first-order valence-electron chi connectivity index (χ1n) is 8.35. The second-order valence-electron chi connectivity index (χ2n) is 6.04. The molecule has 0 saturated carbocycles. The van der Waals surface area contributed by atoms with Gasteiger partial charge >= 0.3 is 0 Å². The van der Waals surface area contributed by atoms with Gasteiger partial charge in [-0.1, -0.05) is 35.0 Å². The topological polar surface area (TPSA) is 84.7 Å². The van der Waals surface area contributed by atoms with E-state index in [1.54, 1.807) is 10.9 Å². The summed E-state index contributed by atoms with van der Waals surface area (Å²) in [5.74, 6) is -0.315. The van der Waals surface area contributed by atoms with Crippen LogP contribution in [-0.4, -0.2) is 39.0 Å². The minimum atomic E-state index is -0.315. The van der Waals surface area contributed by atoms with Gasteiger partial charge in [-0.2, -0.15) is 0 Å². The average molecular weight is 425 g/mol. The molecule has 10 heteroatoms. The van der Waals surface area contributed by atoms with Crippen molar-refractivity contribution in [1.82, 2.24) is 25.3 Å². The van der Waals surface area contributed by atoms with Crippen LogP contribution in [0.2, 0.25) is 5.02 Å². The Hall–Kier alpha value is -2.00. The normalized spacial score (nSPS) is 14.6. The molecule has 4 rings (SSSR count). The van der Waals surface area contributed by atoms with Gasteiger partial charge in [0.1, 0.15) is 0 Å². The molecule has 27 heavy (non-hydrogen) atoms. The van der Waals surface area contributed by atoms with Crippen molar-refractivity contribution in [2.24, 2.45) is 0 Å². The molecule has 1 fully saturated rings. The number of carbonyl (C=O) groups is 1. The van der Waals surface area contributed by atoms with E-state index in [0.29, 0.717) is 10.2 Å². The van der Waals surface area contributed by atoms with Crippen LogP contribution in [0.25, 0.3) is 11.3 Å². The predicted molar refractivity (Wildman–Crippen MR) is 109 cm³/mol. The summed E-state index contributed by atoms with van der Waals surface area (Å²) in [6.07, 6.45) is 3.67. The van der Waals surface area contributed by atoms with Crippen molar-refractivity contribution in [3.05, 3.63) is 46.6 Å². The van der Waals surface area contributed by atoms with E-state index < -0.39 is 0 Å². The van der Waals surface area contributed by atoms with Crippen LogP contribution in [0.3, 0.4) is 0 Å². The molecular formula is C17H18Cl2N6OS. The molecule has 1 aliphatic rings. The Morgan fingerprint density at radius 1 is 1.30 bits per heavy atom. The van der Waals surface area contributed by atoms with E-state index in [1.165, 1.54) is 11.3 Å². The van der Waals surface area contributed by atoms with Crippen molar-refractivity contribution in [2.45, 2.75) is 18.9 Å². The first kappa shape index (κ1) is 19.8.